The molecular formula is C16H7Cl3N2O3S. The number of rotatable bonds is 4. The van der Waals surface area contributed by atoms with Crippen LogP contribution in [0.25, 0.3) is 10.9 Å². The molecule has 0 bridgehead atoms. The van der Waals surface area contributed by atoms with Crippen LogP contribution in [-0.4, -0.2) is 8.42 Å². The summed E-state index contributed by atoms with van der Waals surface area (Å²) in [5, 5.41) is 8.74. The van der Waals surface area contributed by atoms with Gasteiger partial charge in [0.05, 0.1) is 27.7 Å². The summed E-state index contributed by atoms with van der Waals surface area (Å²) < 4.78 is 29.7. The van der Waals surface area contributed by atoms with E-state index in [1.165, 1.54) is 36.4 Å². The van der Waals surface area contributed by atoms with Gasteiger partial charge in [-0.25, -0.2) is 10.1 Å². The average Bonchev–Trinajstić information content (AvgIpc) is 2.57. The number of hydrogen-bond donors (Lipinski definition) is 0. The van der Waals surface area contributed by atoms with E-state index >= 15 is 0 Å². The number of nitrogens with zero attached hydrogens (tertiary/aromatic N) is 2. The smallest absolute Gasteiger partial charge is 0.340 e. The summed E-state index contributed by atoms with van der Waals surface area (Å²) in [6.07, 6.45) is 1.36. The summed E-state index contributed by atoms with van der Waals surface area (Å²) in [6, 6.07) is 9.82. The van der Waals surface area contributed by atoms with E-state index in [1.807, 2.05) is 0 Å². The predicted octanol–water partition coefficient (Wildman–Crippen LogP) is 5.20. The largest absolute Gasteiger partial charge is 0.379 e. The van der Waals surface area contributed by atoms with Crippen LogP contribution in [0.3, 0.4) is 0 Å². The standard InChI is InChI=1S/C16H7Cl3N2O3S/c1-21-11(9-20)6-10-2-4-12(5-3-10)24-25(22,23)16-8-14(18)13(17)7-15(16)19/h2-8H. The molecule has 25 heavy (non-hydrogen) atoms. The molecule has 2 aromatic carbocycles. The fourth-order valence-electron chi connectivity index (χ4n) is 1.73. The first-order valence-electron chi connectivity index (χ1n) is 6.45. The van der Waals surface area contributed by atoms with Crippen LogP contribution >= 0.6 is 34.8 Å². The third kappa shape index (κ3) is 4.66. The molecule has 126 valence electrons. The van der Waals surface area contributed by atoms with E-state index in [0.29, 0.717) is 5.56 Å². The van der Waals surface area contributed by atoms with E-state index in [9.17, 15) is 8.42 Å². The van der Waals surface area contributed by atoms with Gasteiger partial charge in [-0.15, -0.1) is 0 Å². The van der Waals surface area contributed by atoms with Gasteiger partial charge in [0.15, 0.2) is 0 Å². The van der Waals surface area contributed by atoms with Gasteiger partial charge in [-0.3, -0.25) is 0 Å². The zero-order chi connectivity index (χ0) is 18.6. The molecule has 0 aromatic heterocycles. The van der Waals surface area contributed by atoms with E-state index < -0.39 is 10.1 Å². The topological polar surface area (TPSA) is 71.5 Å². The van der Waals surface area contributed by atoms with Gasteiger partial charge < -0.3 is 4.18 Å². The Hall–Kier alpha value is -2.22. The van der Waals surface area contributed by atoms with Crippen LogP contribution in [0, 0.1) is 17.9 Å². The quantitative estimate of drug-likeness (QED) is 0.299. The van der Waals surface area contributed by atoms with Crippen molar-refractivity contribution in [3.63, 3.8) is 0 Å². The van der Waals surface area contributed by atoms with Gasteiger partial charge in [0.25, 0.3) is 5.70 Å². The number of benzene rings is 2. The zero-order valence-corrected chi connectivity index (χ0v) is 15.3. The van der Waals surface area contributed by atoms with E-state index in [-0.39, 0.29) is 31.4 Å². The molecule has 2 rings (SSSR count). The van der Waals surface area contributed by atoms with Crippen molar-refractivity contribution in [1.29, 1.82) is 5.26 Å². The second-order valence-corrected chi connectivity index (χ2v) is 7.29. The highest BCUT2D eigenvalue weighted by Gasteiger charge is 2.22. The molecule has 0 heterocycles. The summed E-state index contributed by atoms with van der Waals surface area (Å²) in [5.41, 5.74) is 0.453. The first kappa shape index (κ1) is 19.1. The Morgan fingerprint density at radius 1 is 1.12 bits per heavy atom. The lowest BCUT2D eigenvalue weighted by Crippen LogP contribution is -2.10. The molecule has 5 nitrogen and oxygen atoms in total. The fourth-order valence-corrected chi connectivity index (χ4v) is 3.64. The van der Waals surface area contributed by atoms with Gasteiger partial charge in [-0.1, -0.05) is 46.9 Å². The monoisotopic (exact) mass is 412 g/mol. The number of nitriles is 1. The minimum absolute atomic E-state index is 0.0249. The molecular weight excluding hydrogens is 407 g/mol. The van der Waals surface area contributed by atoms with Crippen LogP contribution in [0.4, 0.5) is 0 Å². The molecule has 0 unspecified atom stereocenters. The number of halogens is 3. The fraction of sp³-hybridized carbons (Fsp3) is 0. The first-order chi connectivity index (χ1) is 11.8. The maximum atomic E-state index is 12.3. The van der Waals surface area contributed by atoms with Gasteiger partial charge in [0, 0.05) is 0 Å². The minimum Gasteiger partial charge on any atom is -0.379 e. The van der Waals surface area contributed by atoms with E-state index in [4.69, 9.17) is 50.8 Å². The molecule has 0 aliphatic heterocycles. The highest BCUT2D eigenvalue weighted by Crippen LogP contribution is 2.33. The second kappa shape index (κ2) is 7.77. The van der Waals surface area contributed by atoms with Crippen molar-refractivity contribution in [3.05, 3.63) is 74.1 Å². The molecule has 0 spiro atoms. The minimum atomic E-state index is -4.22. The Kier molecular flexibility index (Phi) is 5.94. The van der Waals surface area contributed by atoms with Gasteiger partial charge >= 0.3 is 10.1 Å². The lowest BCUT2D eigenvalue weighted by Gasteiger charge is -2.09. The maximum absolute atomic E-state index is 12.3. The predicted molar refractivity (Wildman–Crippen MR) is 95.9 cm³/mol. The van der Waals surface area contributed by atoms with Gasteiger partial charge in [0.1, 0.15) is 10.6 Å². The molecule has 0 saturated heterocycles. The number of allylic oxidation sites excluding steroid dienone is 1. The molecule has 0 amide bonds. The van der Waals surface area contributed by atoms with Crippen molar-refractivity contribution < 1.29 is 12.6 Å². The summed E-state index contributed by atoms with van der Waals surface area (Å²) in [6.45, 7) is 6.81. The lowest BCUT2D eigenvalue weighted by atomic mass is 10.2. The van der Waals surface area contributed by atoms with Gasteiger partial charge in [-0.05, 0) is 35.9 Å². The molecule has 0 radical (unpaired) electrons. The zero-order valence-electron chi connectivity index (χ0n) is 12.2. The van der Waals surface area contributed by atoms with Crippen molar-refractivity contribution >= 4 is 51.0 Å². The normalized spacial score (nSPS) is 11.5. The van der Waals surface area contributed by atoms with E-state index in [2.05, 4.69) is 4.85 Å². The average molecular weight is 414 g/mol. The molecule has 0 atom stereocenters. The Morgan fingerprint density at radius 2 is 1.72 bits per heavy atom. The number of hydrogen-bond acceptors (Lipinski definition) is 4. The molecule has 2 aromatic rings. The Morgan fingerprint density at radius 3 is 2.28 bits per heavy atom. The maximum Gasteiger partial charge on any atom is 0.340 e. The molecule has 0 fully saturated rings. The van der Waals surface area contributed by atoms with Crippen molar-refractivity contribution in [3.8, 4) is 11.8 Å². The summed E-state index contributed by atoms with van der Waals surface area (Å²) in [7, 11) is -4.22. The molecule has 0 saturated carbocycles. The van der Waals surface area contributed by atoms with Crippen LogP contribution in [0.2, 0.25) is 15.1 Å². The third-order valence-corrected chi connectivity index (χ3v) is 5.30. The van der Waals surface area contributed by atoms with E-state index in [0.717, 1.165) is 6.07 Å². The third-order valence-electron chi connectivity index (χ3n) is 2.87. The highest BCUT2D eigenvalue weighted by atomic mass is 35.5. The lowest BCUT2D eigenvalue weighted by molar-refractivity contribution is 0.486. The van der Waals surface area contributed by atoms with Crippen molar-refractivity contribution in [1.82, 2.24) is 0 Å². The highest BCUT2D eigenvalue weighted by molar-refractivity contribution is 7.87. The first-order valence-corrected chi connectivity index (χ1v) is 8.99. The SMILES string of the molecule is [C-]#[N+]C(C#N)=Cc1ccc(OS(=O)(=O)c2cc(Cl)c(Cl)cc2Cl)cc1. The van der Waals surface area contributed by atoms with Crippen LogP contribution < -0.4 is 4.18 Å². The molecule has 0 aliphatic carbocycles. The van der Waals surface area contributed by atoms with Gasteiger partial charge in [-0.2, -0.15) is 8.42 Å². The summed E-state index contributed by atoms with van der Waals surface area (Å²) in [4.78, 5) is 2.72. The Balaban J connectivity index is 2.31. The van der Waals surface area contributed by atoms with Crippen molar-refractivity contribution in [2.45, 2.75) is 4.90 Å². The van der Waals surface area contributed by atoms with Crippen molar-refractivity contribution in [2.75, 3.05) is 0 Å². The second-order valence-electron chi connectivity index (χ2n) is 4.56. The van der Waals surface area contributed by atoms with Crippen molar-refractivity contribution in [2.24, 2.45) is 0 Å². The summed E-state index contributed by atoms with van der Waals surface area (Å²) >= 11 is 17.5. The molecule has 0 aliphatic rings. The summed E-state index contributed by atoms with van der Waals surface area (Å²) in [5.74, 6) is 0.0283. The molecule has 9 heteroatoms. The Labute approximate surface area is 159 Å². The Bertz CT molecular complexity index is 1020. The van der Waals surface area contributed by atoms with Gasteiger partial charge in [0.2, 0.25) is 0 Å². The molecule has 0 N–H and O–H groups in total. The van der Waals surface area contributed by atoms with E-state index in [1.54, 1.807) is 6.07 Å². The van der Waals surface area contributed by atoms with Crippen LogP contribution in [0.5, 0.6) is 5.75 Å². The van der Waals surface area contributed by atoms with Crippen LogP contribution in [0.1, 0.15) is 5.56 Å². The van der Waals surface area contributed by atoms with Crippen LogP contribution in [0.15, 0.2) is 47.0 Å². The van der Waals surface area contributed by atoms with Crippen LogP contribution in [-0.2, 0) is 10.1 Å².